The molecule has 0 radical (unpaired) electrons. The maximum atomic E-state index is 11.8. The SMILES string of the molecule is C/C=C/CCC(=O)Oc1ccc(-c2nnc(-c3ccc(OC(=O)CC/C=C/C)cc3)o2)cc1. The van der Waals surface area contributed by atoms with Gasteiger partial charge in [-0.3, -0.25) is 9.59 Å². The van der Waals surface area contributed by atoms with Crippen LogP contribution >= 0.6 is 0 Å². The van der Waals surface area contributed by atoms with E-state index in [4.69, 9.17) is 13.9 Å². The summed E-state index contributed by atoms with van der Waals surface area (Å²) >= 11 is 0. The van der Waals surface area contributed by atoms with Crippen LogP contribution in [0.1, 0.15) is 39.5 Å². The van der Waals surface area contributed by atoms with E-state index < -0.39 is 0 Å². The molecule has 3 aromatic rings. The van der Waals surface area contributed by atoms with Gasteiger partial charge in [0.05, 0.1) is 0 Å². The van der Waals surface area contributed by atoms with E-state index in [0.717, 1.165) is 0 Å². The van der Waals surface area contributed by atoms with E-state index in [1.807, 2.05) is 38.2 Å². The largest absolute Gasteiger partial charge is 0.427 e. The van der Waals surface area contributed by atoms with Crippen LogP contribution in [-0.2, 0) is 9.59 Å². The lowest BCUT2D eigenvalue weighted by molar-refractivity contribution is -0.135. The summed E-state index contributed by atoms with van der Waals surface area (Å²) in [6.45, 7) is 3.82. The molecule has 0 aliphatic heterocycles. The van der Waals surface area contributed by atoms with Gasteiger partial charge >= 0.3 is 11.9 Å². The molecule has 0 spiro atoms. The molecular weight excluding hydrogens is 420 g/mol. The van der Waals surface area contributed by atoms with Gasteiger partial charge in [-0.15, -0.1) is 10.2 Å². The number of hydrogen-bond acceptors (Lipinski definition) is 7. The molecule has 0 amide bonds. The number of nitrogens with zero attached hydrogens (tertiary/aromatic N) is 2. The summed E-state index contributed by atoms with van der Waals surface area (Å²) in [6.07, 6.45) is 9.60. The monoisotopic (exact) mass is 446 g/mol. The van der Waals surface area contributed by atoms with E-state index >= 15 is 0 Å². The van der Waals surface area contributed by atoms with Crippen LogP contribution in [0.5, 0.6) is 11.5 Å². The topological polar surface area (TPSA) is 91.5 Å². The number of aromatic nitrogens is 2. The zero-order chi connectivity index (χ0) is 23.5. The minimum atomic E-state index is -0.284. The van der Waals surface area contributed by atoms with Crippen molar-refractivity contribution in [2.75, 3.05) is 0 Å². The molecule has 0 saturated heterocycles. The Labute approximate surface area is 192 Å². The highest BCUT2D eigenvalue weighted by Crippen LogP contribution is 2.27. The normalized spacial score (nSPS) is 11.2. The quantitative estimate of drug-likeness (QED) is 0.217. The molecule has 7 nitrogen and oxygen atoms in total. The van der Waals surface area contributed by atoms with Crippen LogP contribution < -0.4 is 9.47 Å². The van der Waals surface area contributed by atoms with Gasteiger partial charge in [-0.2, -0.15) is 0 Å². The van der Waals surface area contributed by atoms with Crippen LogP contribution in [0.25, 0.3) is 22.9 Å². The Morgan fingerprint density at radius 3 is 1.48 bits per heavy atom. The maximum Gasteiger partial charge on any atom is 0.311 e. The van der Waals surface area contributed by atoms with Gasteiger partial charge in [0.15, 0.2) is 0 Å². The molecular formula is C26H26N2O5. The van der Waals surface area contributed by atoms with E-state index in [0.29, 0.717) is 60.1 Å². The first-order valence-corrected chi connectivity index (χ1v) is 10.8. The van der Waals surface area contributed by atoms with Gasteiger partial charge in [0.1, 0.15) is 11.5 Å². The molecule has 2 aromatic carbocycles. The highest BCUT2D eigenvalue weighted by molar-refractivity contribution is 5.73. The van der Waals surface area contributed by atoms with Crippen LogP contribution in [0.2, 0.25) is 0 Å². The summed E-state index contributed by atoms with van der Waals surface area (Å²) < 4.78 is 16.4. The van der Waals surface area contributed by atoms with Crippen LogP contribution in [-0.4, -0.2) is 22.1 Å². The highest BCUT2D eigenvalue weighted by atomic mass is 16.5. The number of ether oxygens (including phenoxy) is 2. The van der Waals surface area contributed by atoms with Crippen molar-refractivity contribution in [2.45, 2.75) is 39.5 Å². The summed E-state index contributed by atoms with van der Waals surface area (Å²) in [5, 5.41) is 8.18. The summed E-state index contributed by atoms with van der Waals surface area (Å²) in [5.74, 6) is 1.03. The Kier molecular flexibility index (Phi) is 8.71. The maximum absolute atomic E-state index is 11.8. The standard InChI is InChI=1S/C26H26N2O5/c1-3-5-7-9-23(29)31-21-15-11-19(12-16-21)25-27-28-26(33-25)20-13-17-22(18-14-20)32-24(30)10-8-6-4-2/h3-6,11-18H,7-10H2,1-2H3/b5-3+,6-4+. The minimum Gasteiger partial charge on any atom is -0.427 e. The minimum absolute atomic E-state index is 0.284. The van der Waals surface area contributed by atoms with Gasteiger partial charge < -0.3 is 13.9 Å². The first-order chi connectivity index (χ1) is 16.1. The van der Waals surface area contributed by atoms with Gasteiger partial charge in [0, 0.05) is 24.0 Å². The van der Waals surface area contributed by atoms with Gasteiger partial charge in [-0.05, 0) is 75.2 Å². The number of carbonyl (C=O) groups excluding carboxylic acids is 2. The average molecular weight is 447 g/mol. The third kappa shape index (κ3) is 7.28. The first-order valence-electron chi connectivity index (χ1n) is 10.8. The molecule has 0 aliphatic carbocycles. The number of rotatable bonds is 10. The molecule has 1 heterocycles. The predicted octanol–water partition coefficient (Wildman–Crippen LogP) is 5.93. The van der Waals surface area contributed by atoms with E-state index in [2.05, 4.69) is 10.2 Å². The average Bonchev–Trinajstić information content (AvgIpc) is 3.31. The van der Waals surface area contributed by atoms with Crippen LogP contribution in [0.4, 0.5) is 0 Å². The third-order valence-corrected chi connectivity index (χ3v) is 4.59. The van der Waals surface area contributed by atoms with Crippen molar-refractivity contribution in [3.05, 3.63) is 72.8 Å². The molecule has 3 rings (SSSR count). The molecule has 0 bridgehead atoms. The van der Waals surface area contributed by atoms with Gasteiger partial charge in [0.25, 0.3) is 0 Å². The second-order valence-corrected chi connectivity index (χ2v) is 7.12. The molecule has 0 atom stereocenters. The highest BCUT2D eigenvalue weighted by Gasteiger charge is 2.12. The van der Waals surface area contributed by atoms with E-state index in [1.54, 1.807) is 48.5 Å². The Bertz CT molecular complexity index is 1020. The molecule has 33 heavy (non-hydrogen) atoms. The van der Waals surface area contributed by atoms with Crippen molar-refractivity contribution >= 4 is 11.9 Å². The van der Waals surface area contributed by atoms with Crippen molar-refractivity contribution in [1.82, 2.24) is 10.2 Å². The zero-order valence-corrected chi connectivity index (χ0v) is 18.7. The Balaban J connectivity index is 1.59. The molecule has 1 aromatic heterocycles. The van der Waals surface area contributed by atoms with Crippen molar-refractivity contribution in [2.24, 2.45) is 0 Å². The Morgan fingerprint density at radius 2 is 1.12 bits per heavy atom. The Hall–Kier alpha value is -4.00. The zero-order valence-electron chi connectivity index (χ0n) is 18.7. The lowest BCUT2D eigenvalue weighted by atomic mass is 10.2. The lowest BCUT2D eigenvalue weighted by Crippen LogP contribution is -2.06. The fourth-order valence-corrected chi connectivity index (χ4v) is 2.89. The van der Waals surface area contributed by atoms with Crippen molar-refractivity contribution < 1.29 is 23.5 Å². The smallest absolute Gasteiger partial charge is 0.311 e. The summed E-state index contributed by atoms with van der Waals surface area (Å²) in [6, 6.07) is 13.8. The summed E-state index contributed by atoms with van der Waals surface area (Å²) in [5.41, 5.74) is 1.41. The second-order valence-electron chi connectivity index (χ2n) is 7.12. The second kappa shape index (κ2) is 12.1. The van der Waals surface area contributed by atoms with Crippen LogP contribution in [0.15, 0.2) is 77.3 Å². The number of esters is 2. The molecule has 170 valence electrons. The van der Waals surface area contributed by atoms with Crippen molar-refractivity contribution in [3.63, 3.8) is 0 Å². The number of benzene rings is 2. The molecule has 0 unspecified atom stereocenters. The number of hydrogen-bond donors (Lipinski definition) is 0. The van der Waals surface area contributed by atoms with Gasteiger partial charge in [-0.25, -0.2) is 0 Å². The van der Waals surface area contributed by atoms with Crippen molar-refractivity contribution in [3.8, 4) is 34.4 Å². The van der Waals surface area contributed by atoms with E-state index in [-0.39, 0.29) is 11.9 Å². The third-order valence-electron chi connectivity index (χ3n) is 4.59. The molecule has 0 fully saturated rings. The van der Waals surface area contributed by atoms with Gasteiger partial charge in [0.2, 0.25) is 11.8 Å². The number of carbonyl (C=O) groups is 2. The molecule has 0 N–H and O–H groups in total. The molecule has 0 saturated carbocycles. The van der Waals surface area contributed by atoms with Crippen molar-refractivity contribution in [1.29, 1.82) is 0 Å². The molecule has 0 aliphatic rings. The first kappa shape index (κ1) is 23.7. The van der Waals surface area contributed by atoms with E-state index in [9.17, 15) is 9.59 Å². The fourth-order valence-electron chi connectivity index (χ4n) is 2.89. The predicted molar refractivity (Wildman–Crippen MR) is 125 cm³/mol. The Morgan fingerprint density at radius 1 is 0.727 bits per heavy atom. The van der Waals surface area contributed by atoms with Crippen LogP contribution in [0.3, 0.4) is 0 Å². The van der Waals surface area contributed by atoms with Gasteiger partial charge in [-0.1, -0.05) is 24.3 Å². The summed E-state index contributed by atoms with van der Waals surface area (Å²) in [4.78, 5) is 23.6. The van der Waals surface area contributed by atoms with E-state index in [1.165, 1.54) is 0 Å². The molecule has 7 heteroatoms. The van der Waals surface area contributed by atoms with Crippen LogP contribution in [0, 0.1) is 0 Å². The lowest BCUT2D eigenvalue weighted by Gasteiger charge is -2.04. The number of allylic oxidation sites excluding steroid dienone is 4. The fraction of sp³-hybridized carbons (Fsp3) is 0.231. The summed E-state index contributed by atoms with van der Waals surface area (Å²) in [7, 11) is 0.